The van der Waals surface area contributed by atoms with Gasteiger partial charge in [0.05, 0.1) is 12.2 Å². The van der Waals surface area contributed by atoms with Crippen molar-refractivity contribution >= 4 is 5.97 Å². The fraction of sp³-hybridized carbons (Fsp3) is 0.133. The molecule has 0 heterocycles. The first-order valence-corrected chi connectivity index (χ1v) is 5.55. The summed E-state index contributed by atoms with van der Waals surface area (Å²) in [6.45, 7) is 2.19. The third kappa shape index (κ3) is 2.53. The van der Waals surface area contributed by atoms with Crippen LogP contribution in [0.1, 0.15) is 17.3 Å². The molecule has 0 aliphatic heterocycles. The van der Waals surface area contributed by atoms with Crippen LogP contribution >= 0.6 is 0 Å². The molecule has 0 atom stereocenters. The molecule has 0 fully saturated rings. The summed E-state index contributed by atoms with van der Waals surface area (Å²) in [5.74, 6) is -0.285. The Bertz CT molecular complexity index is 503. The minimum absolute atomic E-state index is 0.285. The first-order chi connectivity index (χ1) is 8.33. The third-order valence-corrected chi connectivity index (χ3v) is 2.44. The van der Waals surface area contributed by atoms with Crippen LogP contribution < -0.4 is 0 Å². The first-order valence-electron chi connectivity index (χ1n) is 5.55. The van der Waals surface area contributed by atoms with Gasteiger partial charge in [0.15, 0.2) is 0 Å². The number of hydrogen-bond donors (Lipinski definition) is 0. The molecule has 1 radical (unpaired) electrons. The predicted octanol–water partition coefficient (Wildman–Crippen LogP) is 3.33. The summed E-state index contributed by atoms with van der Waals surface area (Å²) in [7, 11) is 0. The van der Waals surface area contributed by atoms with Crippen molar-refractivity contribution in [1.29, 1.82) is 0 Å². The molecular formula is C15H13O2. The van der Waals surface area contributed by atoms with Crippen LogP contribution in [-0.2, 0) is 4.74 Å². The molecule has 2 nitrogen and oxygen atoms in total. The van der Waals surface area contributed by atoms with E-state index in [1.807, 2.05) is 42.5 Å². The molecule has 0 amide bonds. The largest absolute Gasteiger partial charge is 0.462 e. The summed E-state index contributed by atoms with van der Waals surface area (Å²) in [5, 5.41) is 0. The Labute approximate surface area is 101 Å². The number of ether oxygens (including phenoxy) is 1. The van der Waals surface area contributed by atoms with Crippen LogP contribution in [-0.4, -0.2) is 12.6 Å². The molecule has 2 heteroatoms. The molecule has 0 saturated carbocycles. The molecule has 2 aromatic carbocycles. The van der Waals surface area contributed by atoms with Crippen LogP contribution in [0.15, 0.2) is 48.5 Å². The Balaban J connectivity index is 2.45. The smallest absolute Gasteiger partial charge is 0.338 e. The van der Waals surface area contributed by atoms with E-state index in [0.29, 0.717) is 12.2 Å². The molecule has 2 aromatic rings. The van der Waals surface area contributed by atoms with E-state index in [1.54, 1.807) is 13.0 Å². The highest BCUT2D eigenvalue weighted by molar-refractivity contribution is 5.97. The molecule has 85 valence electrons. The molecule has 0 aliphatic carbocycles. The number of carbonyl (C=O) groups is 1. The molecule has 0 unspecified atom stereocenters. The van der Waals surface area contributed by atoms with Crippen LogP contribution in [0.3, 0.4) is 0 Å². The zero-order valence-electron chi connectivity index (χ0n) is 9.64. The quantitative estimate of drug-likeness (QED) is 0.749. The van der Waals surface area contributed by atoms with E-state index in [0.717, 1.165) is 11.1 Å². The second kappa shape index (κ2) is 5.30. The first kappa shape index (κ1) is 11.4. The number of esters is 1. The molecule has 2 rings (SSSR count). The molecule has 0 saturated heterocycles. The molecule has 0 aromatic heterocycles. The SMILES string of the molecule is CCOC(=O)c1ccccc1-c1c[c]ccc1. The Morgan fingerprint density at radius 2 is 2.06 bits per heavy atom. The monoisotopic (exact) mass is 225 g/mol. The van der Waals surface area contributed by atoms with Crippen molar-refractivity contribution < 1.29 is 9.53 Å². The summed E-state index contributed by atoms with van der Waals surface area (Å²) >= 11 is 0. The van der Waals surface area contributed by atoms with Crippen LogP contribution in [0.4, 0.5) is 0 Å². The summed E-state index contributed by atoms with van der Waals surface area (Å²) in [6, 6.07) is 18.0. The minimum Gasteiger partial charge on any atom is -0.462 e. The zero-order chi connectivity index (χ0) is 12.1. The number of benzene rings is 2. The van der Waals surface area contributed by atoms with Crippen molar-refractivity contribution in [2.45, 2.75) is 6.92 Å². The Kier molecular flexibility index (Phi) is 3.55. The predicted molar refractivity (Wildman–Crippen MR) is 66.7 cm³/mol. The standard InChI is InChI=1S/C15H13O2/c1-2-17-15(16)14-11-7-6-10-13(14)12-8-4-3-5-9-12/h3-4,6-11H,2H2,1H3. The lowest BCUT2D eigenvalue weighted by molar-refractivity contribution is 0.0527. The number of hydrogen-bond acceptors (Lipinski definition) is 2. The van der Waals surface area contributed by atoms with E-state index in [9.17, 15) is 4.79 Å². The van der Waals surface area contributed by atoms with Crippen molar-refractivity contribution in [2.75, 3.05) is 6.61 Å². The van der Waals surface area contributed by atoms with E-state index in [4.69, 9.17) is 4.74 Å². The maximum Gasteiger partial charge on any atom is 0.338 e. The third-order valence-electron chi connectivity index (χ3n) is 2.44. The van der Waals surface area contributed by atoms with Gasteiger partial charge >= 0.3 is 5.97 Å². The van der Waals surface area contributed by atoms with Gasteiger partial charge in [-0.3, -0.25) is 0 Å². The summed E-state index contributed by atoms with van der Waals surface area (Å²) in [6.07, 6.45) is 0. The maximum absolute atomic E-state index is 11.8. The fourth-order valence-corrected chi connectivity index (χ4v) is 1.68. The van der Waals surface area contributed by atoms with E-state index in [1.165, 1.54) is 0 Å². The van der Waals surface area contributed by atoms with Gasteiger partial charge in [-0.25, -0.2) is 4.79 Å². The van der Waals surface area contributed by atoms with Crippen molar-refractivity contribution in [3.8, 4) is 11.1 Å². The van der Waals surface area contributed by atoms with Gasteiger partial charge in [0.1, 0.15) is 0 Å². The number of rotatable bonds is 3. The Morgan fingerprint density at radius 3 is 2.76 bits per heavy atom. The maximum atomic E-state index is 11.8. The second-order valence-electron chi connectivity index (χ2n) is 3.56. The highest BCUT2D eigenvalue weighted by atomic mass is 16.5. The van der Waals surface area contributed by atoms with Crippen molar-refractivity contribution in [3.05, 3.63) is 60.2 Å². The van der Waals surface area contributed by atoms with Gasteiger partial charge in [-0.15, -0.1) is 0 Å². The fourth-order valence-electron chi connectivity index (χ4n) is 1.68. The minimum atomic E-state index is -0.285. The average Bonchev–Trinajstić information content (AvgIpc) is 2.40. The van der Waals surface area contributed by atoms with E-state index >= 15 is 0 Å². The van der Waals surface area contributed by atoms with Crippen LogP contribution in [0.25, 0.3) is 11.1 Å². The van der Waals surface area contributed by atoms with Gasteiger partial charge < -0.3 is 4.74 Å². The van der Waals surface area contributed by atoms with Gasteiger partial charge in [-0.05, 0) is 36.2 Å². The lowest BCUT2D eigenvalue weighted by Gasteiger charge is -2.08. The molecular weight excluding hydrogens is 212 g/mol. The zero-order valence-corrected chi connectivity index (χ0v) is 9.64. The highest BCUT2D eigenvalue weighted by Crippen LogP contribution is 2.23. The Hall–Kier alpha value is -2.09. The van der Waals surface area contributed by atoms with Gasteiger partial charge in [0, 0.05) is 0 Å². The van der Waals surface area contributed by atoms with Crippen LogP contribution in [0, 0.1) is 6.07 Å². The topological polar surface area (TPSA) is 26.3 Å². The lowest BCUT2D eigenvalue weighted by Crippen LogP contribution is -2.06. The molecule has 0 aliphatic rings. The van der Waals surface area contributed by atoms with Gasteiger partial charge in [0.2, 0.25) is 0 Å². The summed E-state index contributed by atoms with van der Waals surface area (Å²) < 4.78 is 5.04. The lowest BCUT2D eigenvalue weighted by atomic mass is 10.00. The number of carbonyl (C=O) groups excluding carboxylic acids is 1. The molecule has 0 N–H and O–H groups in total. The van der Waals surface area contributed by atoms with Crippen LogP contribution in [0.5, 0.6) is 0 Å². The van der Waals surface area contributed by atoms with Gasteiger partial charge in [-0.1, -0.05) is 36.4 Å². The normalized spacial score (nSPS) is 9.94. The van der Waals surface area contributed by atoms with E-state index < -0.39 is 0 Å². The van der Waals surface area contributed by atoms with Crippen LogP contribution in [0.2, 0.25) is 0 Å². The van der Waals surface area contributed by atoms with Crippen molar-refractivity contribution in [3.63, 3.8) is 0 Å². The van der Waals surface area contributed by atoms with Gasteiger partial charge in [0.25, 0.3) is 0 Å². The van der Waals surface area contributed by atoms with E-state index in [2.05, 4.69) is 6.07 Å². The average molecular weight is 225 g/mol. The summed E-state index contributed by atoms with van der Waals surface area (Å²) in [4.78, 5) is 11.8. The van der Waals surface area contributed by atoms with Crippen molar-refractivity contribution in [1.82, 2.24) is 0 Å². The molecule has 0 bridgehead atoms. The molecule has 17 heavy (non-hydrogen) atoms. The van der Waals surface area contributed by atoms with Gasteiger partial charge in [-0.2, -0.15) is 0 Å². The highest BCUT2D eigenvalue weighted by Gasteiger charge is 2.12. The molecule has 0 spiro atoms. The van der Waals surface area contributed by atoms with Crippen molar-refractivity contribution in [2.24, 2.45) is 0 Å². The summed E-state index contributed by atoms with van der Waals surface area (Å²) in [5.41, 5.74) is 2.44. The van der Waals surface area contributed by atoms with E-state index in [-0.39, 0.29) is 5.97 Å². The second-order valence-corrected chi connectivity index (χ2v) is 3.56. The Morgan fingerprint density at radius 1 is 1.24 bits per heavy atom.